The molecule has 2 aromatic carbocycles. The number of carbonyl (C=O) groups excluding carboxylic acids is 2. The van der Waals surface area contributed by atoms with Crippen LogP contribution in [0.15, 0.2) is 66.9 Å². The summed E-state index contributed by atoms with van der Waals surface area (Å²) in [6.45, 7) is 2.72. The van der Waals surface area contributed by atoms with E-state index in [1.807, 2.05) is 35.2 Å². The highest BCUT2D eigenvalue weighted by molar-refractivity contribution is 6.01. The number of aryl methyl sites for hydroxylation is 1. The van der Waals surface area contributed by atoms with Crippen molar-refractivity contribution >= 4 is 17.5 Å². The van der Waals surface area contributed by atoms with Gasteiger partial charge in [-0.25, -0.2) is 0 Å². The Kier molecular flexibility index (Phi) is 6.16. The van der Waals surface area contributed by atoms with Crippen molar-refractivity contribution in [3.8, 4) is 11.1 Å². The Bertz CT molecular complexity index is 1060. The van der Waals surface area contributed by atoms with Crippen LogP contribution >= 0.6 is 0 Å². The molecule has 3 aromatic rings. The molecular weight excluding hydrogens is 388 g/mol. The van der Waals surface area contributed by atoms with E-state index in [1.165, 1.54) is 0 Å². The summed E-state index contributed by atoms with van der Waals surface area (Å²) in [5, 5.41) is 4.11. The molecule has 6 heteroatoms. The lowest BCUT2D eigenvalue weighted by Gasteiger charge is -2.41. The molecular formula is C25H28N4O2. The van der Waals surface area contributed by atoms with Crippen LogP contribution in [-0.2, 0) is 11.8 Å². The van der Waals surface area contributed by atoms with Gasteiger partial charge in [-0.15, -0.1) is 0 Å². The molecule has 160 valence electrons. The number of hydrogen-bond donors (Lipinski definition) is 0. The van der Waals surface area contributed by atoms with Gasteiger partial charge in [-0.3, -0.25) is 14.3 Å². The first kappa shape index (κ1) is 20.8. The number of unbranched alkanes of at least 4 members (excludes halogenated alkanes) is 1. The second-order valence-electron chi connectivity index (χ2n) is 7.99. The standard InChI is InChI=1S/C25H28N4O2/c1-3-4-12-22-17-28(21-13-8-11-20(16-21)19-9-6-5-7-10-19)24(30)18-29(22)25(31)23-14-15-26-27(23)2/h5-11,13-16,22H,3-4,12,17-18H2,1-2H3/t22-/m1/s1. The number of carbonyl (C=O) groups is 2. The lowest BCUT2D eigenvalue weighted by Crippen LogP contribution is -2.58. The van der Waals surface area contributed by atoms with Crippen LogP contribution in [0.1, 0.15) is 36.7 Å². The number of hydrogen-bond acceptors (Lipinski definition) is 3. The summed E-state index contributed by atoms with van der Waals surface area (Å²) < 4.78 is 1.57. The zero-order chi connectivity index (χ0) is 21.8. The van der Waals surface area contributed by atoms with Gasteiger partial charge in [0, 0.05) is 25.5 Å². The van der Waals surface area contributed by atoms with Crippen LogP contribution < -0.4 is 4.90 Å². The second kappa shape index (κ2) is 9.16. The third-order valence-electron chi connectivity index (χ3n) is 5.90. The van der Waals surface area contributed by atoms with Gasteiger partial charge in [0.2, 0.25) is 5.91 Å². The second-order valence-corrected chi connectivity index (χ2v) is 7.99. The van der Waals surface area contributed by atoms with Crippen LogP contribution in [-0.4, -0.2) is 45.6 Å². The molecule has 1 aliphatic heterocycles. The zero-order valence-corrected chi connectivity index (χ0v) is 18.1. The maximum absolute atomic E-state index is 13.2. The molecule has 0 saturated carbocycles. The molecule has 4 rings (SSSR count). The van der Waals surface area contributed by atoms with E-state index < -0.39 is 0 Å². The molecule has 1 saturated heterocycles. The third-order valence-corrected chi connectivity index (χ3v) is 5.90. The predicted molar refractivity (Wildman–Crippen MR) is 122 cm³/mol. The summed E-state index contributed by atoms with van der Waals surface area (Å²) in [7, 11) is 1.75. The van der Waals surface area contributed by atoms with Gasteiger partial charge in [-0.2, -0.15) is 5.10 Å². The Morgan fingerprint density at radius 2 is 1.84 bits per heavy atom. The third kappa shape index (κ3) is 4.38. The van der Waals surface area contributed by atoms with Crippen molar-refractivity contribution in [2.24, 2.45) is 7.05 Å². The van der Waals surface area contributed by atoms with Crippen molar-refractivity contribution < 1.29 is 9.59 Å². The number of anilines is 1. The average molecular weight is 417 g/mol. The molecule has 31 heavy (non-hydrogen) atoms. The normalized spacial score (nSPS) is 16.6. The van der Waals surface area contributed by atoms with Crippen LogP contribution in [0.3, 0.4) is 0 Å². The fourth-order valence-corrected chi connectivity index (χ4v) is 4.16. The molecule has 0 spiro atoms. The van der Waals surface area contributed by atoms with E-state index in [2.05, 4.69) is 36.3 Å². The van der Waals surface area contributed by atoms with Gasteiger partial charge in [0.05, 0.1) is 6.04 Å². The van der Waals surface area contributed by atoms with E-state index in [9.17, 15) is 9.59 Å². The van der Waals surface area contributed by atoms with Crippen LogP contribution in [0.5, 0.6) is 0 Å². The number of aromatic nitrogens is 2. The van der Waals surface area contributed by atoms with Gasteiger partial charge in [0.1, 0.15) is 12.2 Å². The molecule has 0 radical (unpaired) electrons. The summed E-state index contributed by atoms with van der Waals surface area (Å²) in [6.07, 6.45) is 4.53. The minimum absolute atomic E-state index is 0.0274. The molecule has 2 heterocycles. The Hall–Kier alpha value is -3.41. The molecule has 0 bridgehead atoms. The molecule has 0 aliphatic carbocycles. The Labute approximate surface area is 183 Å². The first-order chi connectivity index (χ1) is 15.1. The van der Waals surface area contributed by atoms with Gasteiger partial charge in [0.15, 0.2) is 0 Å². The monoisotopic (exact) mass is 416 g/mol. The van der Waals surface area contributed by atoms with E-state index in [4.69, 9.17) is 0 Å². The van der Waals surface area contributed by atoms with Crippen molar-refractivity contribution in [2.45, 2.75) is 32.2 Å². The maximum Gasteiger partial charge on any atom is 0.272 e. The number of piperazine rings is 1. The number of nitrogens with zero attached hydrogens (tertiary/aromatic N) is 4. The molecule has 1 fully saturated rings. The van der Waals surface area contributed by atoms with Gasteiger partial charge in [-0.05, 0) is 35.7 Å². The topological polar surface area (TPSA) is 58.4 Å². The van der Waals surface area contributed by atoms with Gasteiger partial charge >= 0.3 is 0 Å². The van der Waals surface area contributed by atoms with Gasteiger partial charge in [0.25, 0.3) is 5.91 Å². The highest BCUT2D eigenvalue weighted by Gasteiger charge is 2.36. The quantitative estimate of drug-likeness (QED) is 0.607. The van der Waals surface area contributed by atoms with E-state index in [1.54, 1.807) is 28.9 Å². The Balaban J connectivity index is 1.61. The minimum atomic E-state index is -0.132. The summed E-state index contributed by atoms with van der Waals surface area (Å²) in [6, 6.07) is 19.9. The maximum atomic E-state index is 13.2. The summed E-state index contributed by atoms with van der Waals surface area (Å²) in [5.41, 5.74) is 3.57. The van der Waals surface area contributed by atoms with Crippen molar-refractivity contribution in [1.29, 1.82) is 0 Å². The van der Waals surface area contributed by atoms with E-state index >= 15 is 0 Å². The molecule has 0 N–H and O–H groups in total. The van der Waals surface area contributed by atoms with Crippen molar-refractivity contribution in [2.75, 3.05) is 18.0 Å². The number of amides is 2. The molecule has 1 aromatic heterocycles. The fourth-order valence-electron chi connectivity index (χ4n) is 4.16. The lowest BCUT2D eigenvalue weighted by atomic mass is 10.0. The Morgan fingerprint density at radius 3 is 2.55 bits per heavy atom. The lowest BCUT2D eigenvalue weighted by molar-refractivity contribution is -0.121. The van der Waals surface area contributed by atoms with Crippen LogP contribution in [0.4, 0.5) is 5.69 Å². The van der Waals surface area contributed by atoms with Crippen LogP contribution in [0.25, 0.3) is 11.1 Å². The number of benzene rings is 2. The van der Waals surface area contributed by atoms with Crippen LogP contribution in [0, 0.1) is 0 Å². The molecule has 6 nitrogen and oxygen atoms in total. The average Bonchev–Trinajstić information content (AvgIpc) is 3.24. The molecule has 2 amide bonds. The SMILES string of the molecule is CCCC[C@@H]1CN(c2cccc(-c3ccccc3)c2)C(=O)CN1C(=O)c1ccnn1C. The van der Waals surface area contributed by atoms with E-state index in [0.717, 1.165) is 36.1 Å². The van der Waals surface area contributed by atoms with Gasteiger partial charge < -0.3 is 9.80 Å². The van der Waals surface area contributed by atoms with Crippen molar-refractivity contribution in [3.63, 3.8) is 0 Å². The molecule has 1 aliphatic rings. The number of rotatable bonds is 6. The van der Waals surface area contributed by atoms with Gasteiger partial charge in [-0.1, -0.05) is 62.2 Å². The molecule has 0 unspecified atom stereocenters. The molecule has 1 atom stereocenters. The van der Waals surface area contributed by atoms with E-state index in [0.29, 0.717) is 12.2 Å². The first-order valence-corrected chi connectivity index (χ1v) is 10.8. The highest BCUT2D eigenvalue weighted by Crippen LogP contribution is 2.28. The zero-order valence-electron chi connectivity index (χ0n) is 18.1. The van der Waals surface area contributed by atoms with Crippen molar-refractivity contribution in [3.05, 3.63) is 72.6 Å². The first-order valence-electron chi connectivity index (χ1n) is 10.8. The fraction of sp³-hybridized carbons (Fsp3) is 0.320. The minimum Gasteiger partial charge on any atom is -0.323 e. The Morgan fingerprint density at radius 1 is 1.06 bits per heavy atom. The van der Waals surface area contributed by atoms with Crippen molar-refractivity contribution in [1.82, 2.24) is 14.7 Å². The summed E-state index contributed by atoms with van der Waals surface area (Å²) in [5.74, 6) is -0.194. The highest BCUT2D eigenvalue weighted by atomic mass is 16.2. The largest absolute Gasteiger partial charge is 0.323 e. The van der Waals surface area contributed by atoms with E-state index in [-0.39, 0.29) is 24.4 Å². The smallest absolute Gasteiger partial charge is 0.272 e. The summed E-state index contributed by atoms with van der Waals surface area (Å²) >= 11 is 0. The van der Waals surface area contributed by atoms with Crippen LogP contribution in [0.2, 0.25) is 0 Å². The summed E-state index contributed by atoms with van der Waals surface area (Å²) in [4.78, 5) is 29.9. The predicted octanol–water partition coefficient (Wildman–Crippen LogP) is 4.13.